The lowest BCUT2D eigenvalue weighted by atomic mass is 10.0. The topological polar surface area (TPSA) is 26.0 Å². The number of rotatable bonds is 2. The van der Waals surface area contributed by atoms with E-state index in [0.29, 0.717) is 6.07 Å². The van der Waals surface area contributed by atoms with E-state index in [2.05, 4.69) is 0 Å². The van der Waals surface area contributed by atoms with Crippen LogP contribution in [0.4, 0.5) is 17.6 Å². The van der Waals surface area contributed by atoms with Crippen LogP contribution in [0.2, 0.25) is 0 Å². The van der Waals surface area contributed by atoms with Crippen molar-refractivity contribution in [2.45, 2.75) is 26.1 Å². The summed E-state index contributed by atoms with van der Waals surface area (Å²) in [6.45, 7) is 3.48. The predicted octanol–water partition coefficient (Wildman–Crippen LogP) is 3.81. The molecular formula is C12H13F4N. The van der Waals surface area contributed by atoms with Gasteiger partial charge in [0, 0.05) is 5.56 Å². The number of hydrogen-bond donors (Lipinski definition) is 1. The lowest BCUT2D eigenvalue weighted by Gasteiger charge is -2.13. The van der Waals surface area contributed by atoms with Crippen LogP contribution in [0.15, 0.2) is 29.8 Å². The van der Waals surface area contributed by atoms with Gasteiger partial charge in [-0.2, -0.15) is 13.2 Å². The molecule has 0 bridgehead atoms. The Bertz CT molecular complexity index is 431. The summed E-state index contributed by atoms with van der Waals surface area (Å²) in [5.41, 5.74) is 5.39. The van der Waals surface area contributed by atoms with Gasteiger partial charge in [-0.25, -0.2) is 4.39 Å². The molecule has 0 aliphatic rings. The Hall–Kier alpha value is -1.36. The molecule has 0 radical (unpaired) electrons. The third-order valence-corrected chi connectivity index (χ3v) is 2.20. The van der Waals surface area contributed by atoms with Gasteiger partial charge >= 0.3 is 6.18 Å². The van der Waals surface area contributed by atoms with E-state index in [1.807, 2.05) is 0 Å². The Morgan fingerprint density at radius 2 is 1.88 bits per heavy atom. The second-order valence-corrected chi connectivity index (χ2v) is 4.00. The van der Waals surface area contributed by atoms with Gasteiger partial charge in [0.15, 0.2) is 0 Å². The Balaban J connectivity index is 3.20. The van der Waals surface area contributed by atoms with Gasteiger partial charge in [-0.3, -0.25) is 0 Å². The molecule has 0 saturated heterocycles. The second kappa shape index (κ2) is 4.87. The summed E-state index contributed by atoms with van der Waals surface area (Å²) in [5.74, 6) is -0.733. The molecular weight excluding hydrogens is 234 g/mol. The largest absolute Gasteiger partial charge is 0.416 e. The first-order chi connectivity index (χ1) is 7.71. The monoisotopic (exact) mass is 247 g/mol. The molecule has 0 aromatic heterocycles. The molecule has 5 heteroatoms. The molecule has 0 saturated carbocycles. The van der Waals surface area contributed by atoms with Crippen molar-refractivity contribution in [3.05, 3.63) is 46.8 Å². The molecule has 0 fully saturated rings. The Labute approximate surface area is 96.9 Å². The molecule has 0 amide bonds. The third kappa shape index (κ3) is 3.56. The average molecular weight is 247 g/mol. The van der Waals surface area contributed by atoms with Crippen LogP contribution in [-0.2, 0) is 6.18 Å². The van der Waals surface area contributed by atoms with Gasteiger partial charge in [0.05, 0.1) is 11.6 Å². The first-order valence-electron chi connectivity index (χ1n) is 4.99. The summed E-state index contributed by atoms with van der Waals surface area (Å²) in [4.78, 5) is 0. The summed E-state index contributed by atoms with van der Waals surface area (Å²) in [5, 5.41) is 0. The van der Waals surface area contributed by atoms with E-state index in [0.717, 1.165) is 17.7 Å². The zero-order valence-corrected chi connectivity index (χ0v) is 9.48. The highest BCUT2D eigenvalue weighted by Crippen LogP contribution is 2.31. The van der Waals surface area contributed by atoms with E-state index in [1.165, 1.54) is 6.08 Å². The predicted molar refractivity (Wildman–Crippen MR) is 57.8 cm³/mol. The fourth-order valence-electron chi connectivity index (χ4n) is 1.42. The van der Waals surface area contributed by atoms with Gasteiger partial charge in [-0.1, -0.05) is 11.6 Å². The van der Waals surface area contributed by atoms with Gasteiger partial charge in [-0.15, -0.1) is 0 Å². The summed E-state index contributed by atoms with van der Waals surface area (Å²) in [6.07, 6.45) is -2.98. The molecule has 1 atom stereocenters. The summed E-state index contributed by atoms with van der Waals surface area (Å²) in [7, 11) is 0. The molecule has 0 spiro atoms. The van der Waals surface area contributed by atoms with Gasteiger partial charge < -0.3 is 5.73 Å². The summed E-state index contributed by atoms with van der Waals surface area (Å²) < 4.78 is 50.7. The van der Waals surface area contributed by atoms with Crippen molar-refractivity contribution < 1.29 is 17.6 Å². The van der Waals surface area contributed by atoms with Crippen molar-refractivity contribution in [1.29, 1.82) is 0 Å². The SMILES string of the molecule is CC(C)=CC(N)c1cc(C(F)(F)F)ccc1F. The highest BCUT2D eigenvalue weighted by Gasteiger charge is 2.31. The third-order valence-electron chi connectivity index (χ3n) is 2.20. The zero-order chi connectivity index (χ0) is 13.2. The van der Waals surface area contributed by atoms with Crippen molar-refractivity contribution in [2.75, 3.05) is 0 Å². The van der Waals surface area contributed by atoms with Gasteiger partial charge in [0.2, 0.25) is 0 Å². The fourth-order valence-corrected chi connectivity index (χ4v) is 1.42. The summed E-state index contributed by atoms with van der Waals surface area (Å²) >= 11 is 0. The van der Waals surface area contributed by atoms with E-state index in [9.17, 15) is 17.6 Å². The molecule has 1 aromatic rings. The fraction of sp³-hybridized carbons (Fsp3) is 0.333. The van der Waals surface area contributed by atoms with Crippen LogP contribution in [0.3, 0.4) is 0 Å². The number of halogens is 4. The maximum Gasteiger partial charge on any atom is 0.416 e. The molecule has 0 aliphatic heterocycles. The average Bonchev–Trinajstić information content (AvgIpc) is 2.15. The quantitative estimate of drug-likeness (QED) is 0.624. The van der Waals surface area contributed by atoms with Crippen molar-refractivity contribution >= 4 is 0 Å². The molecule has 0 heterocycles. The van der Waals surface area contributed by atoms with E-state index < -0.39 is 23.6 Å². The van der Waals surface area contributed by atoms with E-state index >= 15 is 0 Å². The van der Waals surface area contributed by atoms with Gasteiger partial charge in [0.25, 0.3) is 0 Å². The zero-order valence-electron chi connectivity index (χ0n) is 9.48. The van der Waals surface area contributed by atoms with Crippen LogP contribution < -0.4 is 5.73 Å². The molecule has 2 N–H and O–H groups in total. The van der Waals surface area contributed by atoms with Crippen molar-refractivity contribution in [3.63, 3.8) is 0 Å². The second-order valence-electron chi connectivity index (χ2n) is 4.00. The molecule has 1 rings (SSSR count). The minimum absolute atomic E-state index is 0.152. The van der Waals surface area contributed by atoms with E-state index in [1.54, 1.807) is 13.8 Å². The van der Waals surface area contributed by atoms with Gasteiger partial charge in [0.1, 0.15) is 5.82 Å². The maximum atomic E-state index is 13.4. The molecule has 94 valence electrons. The van der Waals surface area contributed by atoms with Crippen LogP contribution in [0, 0.1) is 5.82 Å². The Morgan fingerprint density at radius 1 is 1.29 bits per heavy atom. The number of alkyl halides is 3. The lowest BCUT2D eigenvalue weighted by molar-refractivity contribution is -0.137. The molecule has 1 nitrogen and oxygen atoms in total. The van der Waals surface area contributed by atoms with Crippen LogP contribution in [-0.4, -0.2) is 0 Å². The highest BCUT2D eigenvalue weighted by molar-refractivity contribution is 5.31. The lowest BCUT2D eigenvalue weighted by Crippen LogP contribution is -2.13. The standard InChI is InChI=1S/C12H13F4N/c1-7(2)5-11(17)9-6-8(12(14,15)16)3-4-10(9)13/h3-6,11H,17H2,1-2H3. The highest BCUT2D eigenvalue weighted by atomic mass is 19.4. The molecule has 1 aromatic carbocycles. The molecule has 0 aliphatic carbocycles. The maximum absolute atomic E-state index is 13.4. The van der Waals surface area contributed by atoms with Crippen LogP contribution in [0.5, 0.6) is 0 Å². The van der Waals surface area contributed by atoms with E-state index in [-0.39, 0.29) is 5.56 Å². The molecule has 17 heavy (non-hydrogen) atoms. The number of nitrogens with two attached hydrogens (primary N) is 1. The summed E-state index contributed by atoms with van der Waals surface area (Å²) in [6, 6.07) is 1.37. The van der Waals surface area contributed by atoms with Crippen LogP contribution in [0.25, 0.3) is 0 Å². The first-order valence-corrected chi connectivity index (χ1v) is 4.99. The number of allylic oxidation sites excluding steroid dienone is 1. The Kier molecular flexibility index (Phi) is 3.93. The van der Waals surface area contributed by atoms with Crippen LogP contribution in [0.1, 0.15) is 31.0 Å². The van der Waals surface area contributed by atoms with Crippen LogP contribution >= 0.6 is 0 Å². The Morgan fingerprint density at radius 3 is 2.35 bits per heavy atom. The molecule has 1 unspecified atom stereocenters. The number of hydrogen-bond acceptors (Lipinski definition) is 1. The van der Waals surface area contributed by atoms with Crippen molar-refractivity contribution in [3.8, 4) is 0 Å². The number of benzene rings is 1. The first kappa shape index (κ1) is 13.7. The van der Waals surface area contributed by atoms with Crippen molar-refractivity contribution in [1.82, 2.24) is 0 Å². The minimum Gasteiger partial charge on any atom is -0.321 e. The van der Waals surface area contributed by atoms with Crippen molar-refractivity contribution in [2.24, 2.45) is 5.73 Å². The minimum atomic E-state index is -4.49. The van der Waals surface area contributed by atoms with Gasteiger partial charge in [-0.05, 0) is 32.0 Å². The smallest absolute Gasteiger partial charge is 0.321 e. The van der Waals surface area contributed by atoms with E-state index in [4.69, 9.17) is 5.73 Å². The normalized spacial score (nSPS) is 13.4.